The maximum Gasteiger partial charge on any atom is 0.293 e. The summed E-state index contributed by atoms with van der Waals surface area (Å²) in [5.74, 6) is 0. The molecule has 1 aromatic carbocycles. The number of nitro benzene ring substituents is 1. The highest BCUT2D eigenvalue weighted by molar-refractivity contribution is 14.1. The van der Waals surface area contributed by atoms with Gasteiger partial charge in [0.05, 0.1) is 4.92 Å². The van der Waals surface area contributed by atoms with E-state index in [2.05, 4.69) is 34.8 Å². The second-order valence-electron chi connectivity index (χ2n) is 5.33. The normalized spacial score (nSPS) is 17.4. The van der Waals surface area contributed by atoms with Crippen LogP contribution in [0.5, 0.6) is 0 Å². The molecular formula is C14H19IN2O2. The van der Waals surface area contributed by atoms with Crippen LogP contribution in [0.15, 0.2) is 18.2 Å². The zero-order valence-electron chi connectivity index (χ0n) is 11.1. The van der Waals surface area contributed by atoms with E-state index in [0.717, 1.165) is 16.5 Å². The van der Waals surface area contributed by atoms with Crippen LogP contribution in [0, 0.1) is 19.1 Å². The lowest BCUT2D eigenvalue weighted by Gasteiger charge is -2.28. The summed E-state index contributed by atoms with van der Waals surface area (Å²) in [5, 5.41) is 14.4. The molecule has 0 heterocycles. The Morgan fingerprint density at radius 2 is 2.11 bits per heavy atom. The van der Waals surface area contributed by atoms with Crippen LogP contribution >= 0.6 is 22.6 Å². The maximum absolute atomic E-state index is 11.1. The van der Waals surface area contributed by atoms with Gasteiger partial charge in [-0.25, -0.2) is 0 Å². The topological polar surface area (TPSA) is 55.2 Å². The highest BCUT2D eigenvalue weighted by Crippen LogP contribution is 2.41. The molecule has 1 N–H and O–H groups in total. The molecule has 0 aromatic heterocycles. The number of hydrogen-bond donors (Lipinski definition) is 1. The third-order valence-electron chi connectivity index (χ3n) is 4.22. The molecule has 0 amide bonds. The molecule has 5 heteroatoms. The van der Waals surface area contributed by atoms with E-state index in [9.17, 15) is 10.1 Å². The highest BCUT2D eigenvalue weighted by atomic mass is 127. The maximum atomic E-state index is 11.1. The molecule has 0 unspecified atom stereocenters. The van der Waals surface area contributed by atoms with E-state index in [0.29, 0.717) is 11.1 Å². The minimum absolute atomic E-state index is 0.177. The lowest BCUT2D eigenvalue weighted by Crippen LogP contribution is -2.26. The number of nitrogens with zero attached hydrogens (tertiary/aromatic N) is 1. The van der Waals surface area contributed by atoms with E-state index < -0.39 is 0 Å². The Morgan fingerprint density at radius 1 is 1.42 bits per heavy atom. The summed E-state index contributed by atoms with van der Waals surface area (Å²) < 4.78 is 0.890. The summed E-state index contributed by atoms with van der Waals surface area (Å²) in [7, 11) is 0. The molecule has 0 radical (unpaired) electrons. The largest absolute Gasteiger partial charge is 0.379 e. The average molecular weight is 374 g/mol. The van der Waals surface area contributed by atoms with Crippen molar-refractivity contribution in [3.05, 3.63) is 31.9 Å². The molecule has 1 fully saturated rings. The van der Waals surface area contributed by atoms with Gasteiger partial charge in [-0.2, -0.15) is 0 Å². The molecule has 104 valence electrons. The van der Waals surface area contributed by atoms with Crippen LogP contribution < -0.4 is 5.32 Å². The zero-order valence-corrected chi connectivity index (χ0v) is 13.3. The number of benzene rings is 1. The highest BCUT2D eigenvalue weighted by Gasteiger charge is 2.32. The van der Waals surface area contributed by atoms with E-state index >= 15 is 0 Å². The van der Waals surface area contributed by atoms with Crippen molar-refractivity contribution in [1.82, 2.24) is 0 Å². The van der Waals surface area contributed by atoms with Gasteiger partial charge in [0.25, 0.3) is 5.69 Å². The van der Waals surface area contributed by atoms with Gasteiger partial charge < -0.3 is 5.32 Å². The second-order valence-corrected chi connectivity index (χ2v) is 6.58. The Bertz CT molecular complexity index is 471. The van der Waals surface area contributed by atoms with Gasteiger partial charge in [-0.3, -0.25) is 10.1 Å². The van der Waals surface area contributed by atoms with Crippen molar-refractivity contribution in [3.63, 3.8) is 0 Å². The quantitative estimate of drug-likeness (QED) is 0.466. The molecular weight excluding hydrogens is 355 g/mol. The summed E-state index contributed by atoms with van der Waals surface area (Å²) >= 11 is 2.10. The zero-order chi connectivity index (χ0) is 13.9. The number of rotatable bonds is 5. The number of hydrogen-bond acceptors (Lipinski definition) is 3. The molecule has 1 aromatic rings. The Balaban J connectivity index is 2.13. The Labute approximate surface area is 127 Å². The summed E-state index contributed by atoms with van der Waals surface area (Å²) in [4.78, 5) is 10.8. The monoisotopic (exact) mass is 374 g/mol. The third-order valence-corrected chi connectivity index (χ3v) is 4.90. The molecule has 1 saturated carbocycles. The van der Waals surface area contributed by atoms with Crippen LogP contribution in [0.4, 0.5) is 11.4 Å². The summed E-state index contributed by atoms with van der Waals surface area (Å²) in [6.45, 7) is 3.06. The van der Waals surface area contributed by atoms with Crippen molar-refractivity contribution in [3.8, 4) is 0 Å². The SMILES string of the molecule is CCC1(CNc2ccc(I)cc2[N+](=O)[O-])CCCC1. The molecule has 2 rings (SSSR count). The first-order valence-electron chi connectivity index (χ1n) is 6.74. The Kier molecular flexibility index (Phi) is 4.65. The molecule has 0 spiro atoms. The minimum atomic E-state index is -0.308. The second kappa shape index (κ2) is 6.07. The minimum Gasteiger partial charge on any atom is -0.379 e. The lowest BCUT2D eigenvalue weighted by atomic mass is 9.83. The van der Waals surface area contributed by atoms with Gasteiger partial charge in [0.15, 0.2) is 0 Å². The molecule has 0 aliphatic heterocycles. The van der Waals surface area contributed by atoms with Crippen molar-refractivity contribution in [2.24, 2.45) is 5.41 Å². The van der Waals surface area contributed by atoms with Crippen molar-refractivity contribution in [1.29, 1.82) is 0 Å². The smallest absolute Gasteiger partial charge is 0.293 e. The van der Waals surface area contributed by atoms with Crippen LogP contribution in [0.1, 0.15) is 39.0 Å². The molecule has 4 nitrogen and oxygen atoms in total. The number of anilines is 1. The van der Waals surface area contributed by atoms with Crippen LogP contribution in [-0.2, 0) is 0 Å². The van der Waals surface area contributed by atoms with Gasteiger partial charge >= 0.3 is 0 Å². The van der Waals surface area contributed by atoms with Gasteiger partial charge in [0.1, 0.15) is 5.69 Å². The van der Waals surface area contributed by atoms with Crippen LogP contribution in [0.3, 0.4) is 0 Å². The Hall–Kier alpha value is -0.850. The fraction of sp³-hybridized carbons (Fsp3) is 0.571. The standard InChI is InChI=1S/C14H19IN2O2/c1-2-14(7-3-4-8-14)10-16-12-6-5-11(15)9-13(12)17(18)19/h5-6,9,16H,2-4,7-8,10H2,1H3. The first-order valence-corrected chi connectivity index (χ1v) is 7.82. The first kappa shape index (κ1) is 14.6. The summed E-state index contributed by atoms with van der Waals surface area (Å²) in [6.07, 6.45) is 6.16. The van der Waals surface area contributed by atoms with Crippen LogP contribution in [-0.4, -0.2) is 11.5 Å². The fourth-order valence-electron chi connectivity index (χ4n) is 2.87. The van der Waals surface area contributed by atoms with Gasteiger partial charge in [-0.1, -0.05) is 19.8 Å². The van der Waals surface area contributed by atoms with E-state index in [1.54, 1.807) is 6.07 Å². The van der Waals surface area contributed by atoms with Crippen LogP contribution in [0.25, 0.3) is 0 Å². The summed E-state index contributed by atoms with van der Waals surface area (Å²) in [6, 6.07) is 5.34. The lowest BCUT2D eigenvalue weighted by molar-refractivity contribution is -0.384. The van der Waals surface area contributed by atoms with E-state index in [1.165, 1.54) is 25.7 Å². The molecule has 0 saturated heterocycles. The molecule has 0 atom stereocenters. The van der Waals surface area contributed by atoms with E-state index in [1.807, 2.05) is 12.1 Å². The van der Waals surface area contributed by atoms with Gasteiger partial charge in [0.2, 0.25) is 0 Å². The van der Waals surface area contributed by atoms with E-state index in [4.69, 9.17) is 0 Å². The average Bonchev–Trinajstić information content (AvgIpc) is 2.86. The number of nitro groups is 1. The first-order chi connectivity index (χ1) is 9.06. The third kappa shape index (κ3) is 3.38. The van der Waals surface area contributed by atoms with Gasteiger partial charge in [-0.15, -0.1) is 0 Å². The molecule has 1 aliphatic rings. The van der Waals surface area contributed by atoms with E-state index in [-0.39, 0.29) is 10.6 Å². The predicted molar refractivity (Wildman–Crippen MR) is 85.5 cm³/mol. The van der Waals surface area contributed by atoms with Crippen LogP contribution in [0.2, 0.25) is 0 Å². The van der Waals surface area contributed by atoms with Crippen molar-refractivity contribution in [2.45, 2.75) is 39.0 Å². The van der Waals surface area contributed by atoms with Gasteiger partial charge in [-0.05, 0) is 59.4 Å². The van der Waals surface area contributed by atoms with Crippen molar-refractivity contribution in [2.75, 3.05) is 11.9 Å². The van der Waals surface area contributed by atoms with Crippen molar-refractivity contribution >= 4 is 34.0 Å². The molecule has 19 heavy (non-hydrogen) atoms. The molecule has 1 aliphatic carbocycles. The predicted octanol–water partition coefficient (Wildman–Crippen LogP) is 4.58. The number of halogens is 1. The number of nitrogens with one attached hydrogen (secondary N) is 1. The Morgan fingerprint density at radius 3 is 2.68 bits per heavy atom. The fourth-order valence-corrected chi connectivity index (χ4v) is 3.34. The van der Waals surface area contributed by atoms with Crippen molar-refractivity contribution < 1.29 is 4.92 Å². The summed E-state index contributed by atoms with van der Waals surface area (Å²) in [5.41, 5.74) is 1.15. The molecule has 0 bridgehead atoms. The van der Waals surface area contributed by atoms with Gasteiger partial charge in [0, 0.05) is 16.2 Å².